The molecular weight excluding hydrogens is 274 g/mol. The molecule has 0 atom stereocenters. The maximum Gasteiger partial charge on any atom is 0.335 e. The number of hydrogen-bond acceptors (Lipinski definition) is 5. The Hall–Kier alpha value is -2.83. The van der Waals surface area contributed by atoms with E-state index in [1.807, 2.05) is 6.92 Å². The van der Waals surface area contributed by atoms with E-state index in [9.17, 15) is 9.59 Å². The lowest BCUT2D eigenvalue weighted by atomic mass is 10.2. The Morgan fingerprint density at radius 3 is 2.62 bits per heavy atom. The zero-order valence-electron chi connectivity index (χ0n) is 11.7. The topological polar surface area (TPSA) is 93.5 Å². The van der Waals surface area contributed by atoms with Gasteiger partial charge in [-0.1, -0.05) is 0 Å². The van der Waals surface area contributed by atoms with Crippen molar-refractivity contribution < 1.29 is 14.6 Å². The maximum absolute atomic E-state index is 12.1. The predicted octanol–water partition coefficient (Wildman–Crippen LogP) is 1.62. The lowest BCUT2D eigenvalue weighted by Crippen LogP contribution is -2.23. The molecule has 0 aliphatic rings. The number of nitrogens with one attached hydrogen (secondary N) is 1. The zero-order chi connectivity index (χ0) is 15.4. The van der Waals surface area contributed by atoms with Crippen molar-refractivity contribution in [1.82, 2.24) is 9.78 Å². The third kappa shape index (κ3) is 3.19. The van der Waals surface area contributed by atoms with Gasteiger partial charge in [-0.2, -0.15) is 5.10 Å². The van der Waals surface area contributed by atoms with Crippen molar-refractivity contribution in [2.45, 2.75) is 6.92 Å². The summed E-state index contributed by atoms with van der Waals surface area (Å²) in [5.41, 5.74) is 0.693. The van der Waals surface area contributed by atoms with E-state index in [0.717, 1.165) is 0 Å². The van der Waals surface area contributed by atoms with Gasteiger partial charge in [-0.15, -0.1) is 0 Å². The van der Waals surface area contributed by atoms with E-state index < -0.39 is 5.97 Å². The third-order valence-electron chi connectivity index (χ3n) is 2.80. The van der Waals surface area contributed by atoms with E-state index >= 15 is 0 Å². The smallest absolute Gasteiger partial charge is 0.335 e. The Labute approximate surface area is 120 Å². The summed E-state index contributed by atoms with van der Waals surface area (Å²) in [5.74, 6) is -0.653. The van der Waals surface area contributed by atoms with Crippen LogP contribution in [-0.4, -0.2) is 27.5 Å². The van der Waals surface area contributed by atoms with Crippen molar-refractivity contribution in [3.05, 3.63) is 46.4 Å². The first-order chi connectivity index (χ1) is 10.0. The molecule has 110 valence electrons. The minimum absolute atomic E-state index is 0.174. The van der Waals surface area contributed by atoms with Gasteiger partial charge in [0.1, 0.15) is 0 Å². The highest BCUT2D eigenvalue weighted by atomic mass is 16.5. The quantitative estimate of drug-likeness (QED) is 0.868. The van der Waals surface area contributed by atoms with Gasteiger partial charge in [0.25, 0.3) is 5.56 Å². The lowest BCUT2D eigenvalue weighted by molar-refractivity contribution is 0.0697. The molecule has 1 heterocycles. The Bertz CT molecular complexity index is 707. The number of carboxylic acid groups (broad SMARTS) is 1. The number of hydrogen-bond donors (Lipinski definition) is 2. The number of carboxylic acids is 1. The highest BCUT2D eigenvalue weighted by molar-refractivity contribution is 5.88. The summed E-state index contributed by atoms with van der Waals surface area (Å²) >= 11 is 0. The average molecular weight is 289 g/mol. The van der Waals surface area contributed by atoms with E-state index in [0.29, 0.717) is 18.0 Å². The van der Waals surface area contributed by atoms with Gasteiger partial charge in [0.15, 0.2) is 11.4 Å². The van der Waals surface area contributed by atoms with Crippen molar-refractivity contribution in [3.8, 4) is 5.75 Å². The summed E-state index contributed by atoms with van der Waals surface area (Å²) in [6.45, 7) is 2.21. The Morgan fingerprint density at radius 2 is 2.05 bits per heavy atom. The molecule has 0 amide bonds. The first-order valence-corrected chi connectivity index (χ1v) is 6.32. The summed E-state index contributed by atoms with van der Waals surface area (Å²) < 4.78 is 6.57. The van der Waals surface area contributed by atoms with Crippen LogP contribution in [0.15, 0.2) is 35.3 Å². The van der Waals surface area contributed by atoms with E-state index in [1.54, 1.807) is 12.1 Å². The number of rotatable bonds is 5. The number of carbonyl (C=O) groups is 1. The first-order valence-electron chi connectivity index (χ1n) is 6.32. The van der Waals surface area contributed by atoms with Crippen LogP contribution in [-0.2, 0) is 7.05 Å². The molecule has 0 spiro atoms. The summed E-state index contributed by atoms with van der Waals surface area (Å²) in [6, 6.07) is 6.07. The van der Waals surface area contributed by atoms with Crippen molar-refractivity contribution in [2.75, 3.05) is 11.9 Å². The zero-order valence-corrected chi connectivity index (χ0v) is 11.7. The highest BCUT2D eigenvalue weighted by Crippen LogP contribution is 2.23. The van der Waals surface area contributed by atoms with Crippen molar-refractivity contribution in [2.24, 2.45) is 7.05 Å². The van der Waals surface area contributed by atoms with Gasteiger partial charge in [0, 0.05) is 12.7 Å². The molecule has 1 aromatic heterocycles. The molecule has 2 aromatic rings. The predicted molar refractivity (Wildman–Crippen MR) is 77.3 cm³/mol. The molecule has 7 nitrogen and oxygen atoms in total. The average Bonchev–Trinajstić information content (AvgIpc) is 2.47. The van der Waals surface area contributed by atoms with E-state index in [4.69, 9.17) is 9.84 Å². The van der Waals surface area contributed by atoms with Crippen LogP contribution in [0.1, 0.15) is 17.3 Å². The Kier molecular flexibility index (Phi) is 4.22. The Morgan fingerprint density at radius 1 is 1.38 bits per heavy atom. The van der Waals surface area contributed by atoms with Crippen LogP contribution >= 0.6 is 0 Å². The SMILES string of the molecule is CCOc1cnn(C)c(=O)c1Nc1ccc(C(=O)O)cc1. The number of ether oxygens (including phenoxy) is 1. The number of aromatic carboxylic acids is 1. The van der Waals surface area contributed by atoms with Gasteiger partial charge >= 0.3 is 5.97 Å². The lowest BCUT2D eigenvalue weighted by Gasteiger charge is -2.12. The summed E-state index contributed by atoms with van der Waals surface area (Å²) in [6.07, 6.45) is 1.46. The first kappa shape index (κ1) is 14.6. The maximum atomic E-state index is 12.1. The van der Waals surface area contributed by atoms with E-state index in [-0.39, 0.29) is 16.8 Å². The highest BCUT2D eigenvalue weighted by Gasteiger charge is 2.11. The van der Waals surface area contributed by atoms with Gasteiger partial charge in [-0.05, 0) is 31.2 Å². The summed E-state index contributed by atoms with van der Waals surface area (Å²) in [4.78, 5) is 22.9. The second kappa shape index (κ2) is 6.08. The fraction of sp³-hybridized carbons (Fsp3) is 0.214. The second-order valence-electron chi connectivity index (χ2n) is 4.25. The standard InChI is InChI=1S/C14H15N3O4/c1-3-21-11-8-15-17(2)13(18)12(11)16-10-6-4-9(5-7-10)14(19)20/h4-8,16H,3H2,1-2H3,(H,19,20). The van der Waals surface area contributed by atoms with Crippen LogP contribution in [0, 0.1) is 0 Å². The number of nitrogens with zero attached hydrogens (tertiary/aromatic N) is 2. The Balaban J connectivity index is 2.36. The monoisotopic (exact) mass is 289 g/mol. The normalized spacial score (nSPS) is 10.2. The van der Waals surface area contributed by atoms with Gasteiger partial charge in [-0.25, -0.2) is 9.48 Å². The molecule has 0 fully saturated rings. The fourth-order valence-corrected chi connectivity index (χ4v) is 1.74. The second-order valence-corrected chi connectivity index (χ2v) is 4.25. The van der Waals surface area contributed by atoms with Crippen molar-refractivity contribution in [3.63, 3.8) is 0 Å². The van der Waals surface area contributed by atoms with Crippen molar-refractivity contribution in [1.29, 1.82) is 0 Å². The molecule has 0 aliphatic carbocycles. The number of aromatic nitrogens is 2. The molecule has 2 N–H and O–H groups in total. The molecular formula is C14H15N3O4. The molecule has 0 bridgehead atoms. The minimum atomic E-state index is -1.00. The van der Waals surface area contributed by atoms with Gasteiger partial charge in [0.2, 0.25) is 0 Å². The fourth-order valence-electron chi connectivity index (χ4n) is 1.74. The molecule has 7 heteroatoms. The molecule has 0 radical (unpaired) electrons. The molecule has 0 saturated heterocycles. The van der Waals surface area contributed by atoms with Crippen LogP contribution in [0.5, 0.6) is 5.75 Å². The van der Waals surface area contributed by atoms with E-state index in [2.05, 4.69) is 10.4 Å². The van der Waals surface area contributed by atoms with Crippen LogP contribution in [0.3, 0.4) is 0 Å². The van der Waals surface area contributed by atoms with Crippen LogP contribution in [0.2, 0.25) is 0 Å². The number of benzene rings is 1. The van der Waals surface area contributed by atoms with E-state index in [1.165, 1.54) is 30.1 Å². The van der Waals surface area contributed by atoms with Gasteiger partial charge in [-0.3, -0.25) is 4.79 Å². The number of aryl methyl sites for hydroxylation is 1. The molecule has 0 saturated carbocycles. The van der Waals surface area contributed by atoms with Gasteiger partial charge < -0.3 is 15.2 Å². The minimum Gasteiger partial charge on any atom is -0.490 e. The van der Waals surface area contributed by atoms with Crippen LogP contribution in [0.4, 0.5) is 11.4 Å². The summed E-state index contributed by atoms with van der Waals surface area (Å²) in [5, 5.41) is 15.7. The number of anilines is 2. The van der Waals surface area contributed by atoms with Crippen LogP contribution in [0.25, 0.3) is 0 Å². The largest absolute Gasteiger partial charge is 0.490 e. The molecule has 21 heavy (non-hydrogen) atoms. The van der Waals surface area contributed by atoms with Crippen molar-refractivity contribution >= 4 is 17.3 Å². The molecule has 1 aromatic carbocycles. The van der Waals surface area contributed by atoms with Gasteiger partial charge in [0.05, 0.1) is 18.4 Å². The summed E-state index contributed by atoms with van der Waals surface area (Å²) in [7, 11) is 1.54. The molecule has 2 rings (SSSR count). The third-order valence-corrected chi connectivity index (χ3v) is 2.80. The van der Waals surface area contributed by atoms with Crippen LogP contribution < -0.4 is 15.6 Å². The molecule has 0 unspecified atom stereocenters. The molecule has 0 aliphatic heterocycles.